The summed E-state index contributed by atoms with van der Waals surface area (Å²) in [5, 5.41) is 0.818. The Balaban J connectivity index is 2.30. The summed E-state index contributed by atoms with van der Waals surface area (Å²) in [5.74, 6) is 1.38. The van der Waals surface area contributed by atoms with Gasteiger partial charge in [0.05, 0.1) is 6.10 Å². The van der Waals surface area contributed by atoms with Gasteiger partial charge in [-0.15, -0.1) is 0 Å². The quantitative estimate of drug-likeness (QED) is 0.733. The summed E-state index contributed by atoms with van der Waals surface area (Å²) in [6.07, 6.45) is 2.81. The zero-order valence-electron chi connectivity index (χ0n) is 8.59. The van der Waals surface area contributed by atoms with Crippen molar-refractivity contribution in [3.05, 3.63) is 28.8 Å². The minimum absolute atomic E-state index is 0.414. The maximum atomic E-state index is 6.15. The lowest BCUT2D eigenvalue weighted by molar-refractivity contribution is 0.299. The zero-order valence-corrected chi connectivity index (χ0v) is 9.34. The van der Waals surface area contributed by atoms with E-state index < -0.39 is 0 Å². The Morgan fingerprint density at radius 2 is 2.07 bits per heavy atom. The van der Waals surface area contributed by atoms with Crippen molar-refractivity contribution in [1.82, 2.24) is 0 Å². The van der Waals surface area contributed by atoms with Gasteiger partial charge in [0.15, 0.2) is 0 Å². The van der Waals surface area contributed by atoms with Crippen LogP contribution in [0.1, 0.15) is 38.2 Å². The van der Waals surface area contributed by atoms with Gasteiger partial charge in [-0.2, -0.15) is 0 Å². The number of rotatable bonds is 3. The second kappa shape index (κ2) is 3.82. The SMILES string of the molecule is CC(C)c1c(Cl)cccc1OC1CC1. The van der Waals surface area contributed by atoms with Gasteiger partial charge < -0.3 is 4.74 Å². The molecule has 1 fully saturated rings. The van der Waals surface area contributed by atoms with Crippen molar-refractivity contribution in [2.24, 2.45) is 0 Å². The minimum atomic E-state index is 0.414. The molecule has 0 atom stereocenters. The van der Waals surface area contributed by atoms with E-state index in [2.05, 4.69) is 13.8 Å². The summed E-state index contributed by atoms with van der Waals surface area (Å²) in [6.45, 7) is 4.28. The van der Waals surface area contributed by atoms with Crippen LogP contribution in [-0.4, -0.2) is 6.10 Å². The predicted molar refractivity (Wildman–Crippen MR) is 59.2 cm³/mol. The third-order valence-corrected chi connectivity index (χ3v) is 2.74. The van der Waals surface area contributed by atoms with Gasteiger partial charge >= 0.3 is 0 Å². The Morgan fingerprint density at radius 3 is 2.64 bits per heavy atom. The standard InChI is InChI=1S/C12H15ClO/c1-8(2)12-10(13)4-3-5-11(12)14-9-6-7-9/h3-5,8-9H,6-7H2,1-2H3. The molecule has 0 aliphatic heterocycles. The van der Waals surface area contributed by atoms with Crippen molar-refractivity contribution < 1.29 is 4.74 Å². The van der Waals surface area contributed by atoms with Crippen molar-refractivity contribution in [3.8, 4) is 5.75 Å². The second-order valence-electron chi connectivity index (χ2n) is 4.12. The smallest absolute Gasteiger partial charge is 0.124 e. The lowest BCUT2D eigenvalue weighted by Gasteiger charge is -2.14. The minimum Gasteiger partial charge on any atom is -0.490 e. The summed E-state index contributed by atoms with van der Waals surface area (Å²) in [6, 6.07) is 5.89. The van der Waals surface area contributed by atoms with E-state index >= 15 is 0 Å². The molecule has 14 heavy (non-hydrogen) atoms. The van der Waals surface area contributed by atoms with Crippen LogP contribution in [0.4, 0.5) is 0 Å². The Labute approximate surface area is 90.0 Å². The molecule has 0 saturated heterocycles. The number of hydrogen-bond acceptors (Lipinski definition) is 1. The molecule has 1 aromatic carbocycles. The highest BCUT2D eigenvalue weighted by Crippen LogP contribution is 2.36. The first-order chi connectivity index (χ1) is 6.68. The number of halogens is 1. The first-order valence-corrected chi connectivity index (χ1v) is 5.51. The first kappa shape index (κ1) is 9.85. The molecule has 0 radical (unpaired) electrons. The molecule has 0 N–H and O–H groups in total. The summed E-state index contributed by atoms with van der Waals surface area (Å²) in [5.41, 5.74) is 1.14. The van der Waals surface area contributed by atoms with Crippen molar-refractivity contribution >= 4 is 11.6 Å². The predicted octanol–water partition coefficient (Wildman–Crippen LogP) is 4.00. The van der Waals surface area contributed by atoms with Crippen LogP contribution in [0.5, 0.6) is 5.75 Å². The highest BCUT2D eigenvalue weighted by molar-refractivity contribution is 6.31. The molecule has 0 aromatic heterocycles. The normalized spacial score (nSPS) is 16.0. The second-order valence-corrected chi connectivity index (χ2v) is 4.53. The molecule has 76 valence electrons. The average molecular weight is 211 g/mol. The summed E-state index contributed by atoms with van der Waals surface area (Å²) >= 11 is 6.15. The van der Waals surface area contributed by atoms with Crippen LogP contribution in [0.2, 0.25) is 5.02 Å². The van der Waals surface area contributed by atoms with E-state index in [4.69, 9.17) is 16.3 Å². The van der Waals surface area contributed by atoms with E-state index in [1.54, 1.807) is 0 Å². The lowest BCUT2D eigenvalue weighted by Crippen LogP contribution is -2.01. The average Bonchev–Trinajstić information content (AvgIpc) is 2.87. The van der Waals surface area contributed by atoms with Gasteiger partial charge in [-0.1, -0.05) is 31.5 Å². The lowest BCUT2D eigenvalue weighted by atomic mass is 10.0. The number of benzene rings is 1. The van der Waals surface area contributed by atoms with Gasteiger partial charge in [0.1, 0.15) is 5.75 Å². The molecule has 0 bridgehead atoms. The number of ether oxygens (including phenoxy) is 1. The summed E-state index contributed by atoms with van der Waals surface area (Å²) in [4.78, 5) is 0. The van der Waals surface area contributed by atoms with Gasteiger partial charge in [0, 0.05) is 10.6 Å². The van der Waals surface area contributed by atoms with Crippen LogP contribution in [0.25, 0.3) is 0 Å². The van der Waals surface area contributed by atoms with E-state index in [-0.39, 0.29) is 0 Å². The van der Waals surface area contributed by atoms with Crippen molar-refractivity contribution in [2.75, 3.05) is 0 Å². The Kier molecular flexibility index (Phi) is 2.69. The molecule has 0 heterocycles. The molecular formula is C12H15ClO. The molecule has 2 heteroatoms. The Hall–Kier alpha value is -0.690. The fourth-order valence-electron chi connectivity index (χ4n) is 1.55. The van der Waals surface area contributed by atoms with Crippen LogP contribution >= 0.6 is 11.6 Å². The molecular weight excluding hydrogens is 196 g/mol. The topological polar surface area (TPSA) is 9.23 Å². The van der Waals surface area contributed by atoms with Gasteiger partial charge in [-0.3, -0.25) is 0 Å². The molecule has 0 unspecified atom stereocenters. The van der Waals surface area contributed by atoms with Gasteiger partial charge in [-0.25, -0.2) is 0 Å². The summed E-state index contributed by atoms with van der Waals surface area (Å²) < 4.78 is 5.81. The van der Waals surface area contributed by atoms with Crippen molar-refractivity contribution in [3.63, 3.8) is 0 Å². The van der Waals surface area contributed by atoms with E-state index in [0.29, 0.717) is 12.0 Å². The fourth-order valence-corrected chi connectivity index (χ4v) is 1.93. The molecule has 1 aliphatic rings. The van der Waals surface area contributed by atoms with E-state index in [1.807, 2.05) is 18.2 Å². The van der Waals surface area contributed by atoms with Gasteiger partial charge in [0.25, 0.3) is 0 Å². The first-order valence-electron chi connectivity index (χ1n) is 5.13. The van der Waals surface area contributed by atoms with Crippen LogP contribution in [0, 0.1) is 0 Å². The van der Waals surface area contributed by atoms with Crippen molar-refractivity contribution in [1.29, 1.82) is 0 Å². The maximum Gasteiger partial charge on any atom is 0.124 e. The number of hydrogen-bond donors (Lipinski definition) is 0. The van der Waals surface area contributed by atoms with E-state index in [9.17, 15) is 0 Å². The monoisotopic (exact) mass is 210 g/mol. The largest absolute Gasteiger partial charge is 0.490 e. The van der Waals surface area contributed by atoms with E-state index in [0.717, 1.165) is 16.3 Å². The van der Waals surface area contributed by atoms with Crippen molar-refractivity contribution in [2.45, 2.75) is 38.7 Å². The van der Waals surface area contributed by atoms with Crippen LogP contribution < -0.4 is 4.74 Å². The van der Waals surface area contributed by atoms with Gasteiger partial charge in [0.2, 0.25) is 0 Å². The van der Waals surface area contributed by atoms with E-state index in [1.165, 1.54) is 12.8 Å². The molecule has 0 spiro atoms. The van der Waals surface area contributed by atoms with Crippen LogP contribution in [-0.2, 0) is 0 Å². The highest BCUT2D eigenvalue weighted by Gasteiger charge is 2.25. The van der Waals surface area contributed by atoms with Crippen LogP contribution in [0.15, 0.2) is 18.2 Å². The maximum absolute atomic E-state index is 6.15. The molecule has 1 aliphatic carbocycles. The molecule has 0 amide bonds. The molecule has 1 saturated carbocycles. The fraction of sp³-hybridized carbons (Fsp3) is 0.500. The Morgan fingerprint density at radius 1 is 1.36 bits per heavy atom. The molecule has 2 rings (SSSR count). The molecule has 1 nitrogen and oxygen atoms in total. The Bertz CT molecular complexity index is 329. The van der Waals surface area contributed by atoms with Crippen LogP contribution in [0.3, 0.4) is 0 Å². The molecule has 1 aromatic rings. The third kappa shape index (κ3) is 2.03. The highest BCUT2D eigenvalue weighted by atomic mass is 35.5. The van der Waals surface area contributed by atoms with Gasteiger partial charge in [-0.05, 0) is 30.9 Å². The zero-order chi connectivity index (χ0) is 10.1. The third-order valence-electron chi connectivity index (χ3n) is 2.41. The summed E-state index contributed by atoms with van der Waals surface area (Å²) in [7, 11) is 0.